The standard InChI is InChI=1S/C16H14N2O/c1-9-3-5-11-16-12(6-4-10(2)15(9)16)18-13(17-11)7-8-14(18)19/h3-6H,7-8H2,1-2H3. The maximum absolute atomic E-state index is 12.1. The molecule has 0 aromatic heterocycles. The number of nitrogens with zero attached hydrogens (tertiary/aromatic N) is 2. The molecule has 0 N–H and O–H groups in total. The molecule has 4 rings (SSSR count). The highest BCUT2D eigenvalue weighted by atomic mass is 16.2. The van der Waals surface area contributed by atoms with Crippen molar-refractivity contribution in [1.29, 1.82) is 0 Å². The molecule has 2 aromatic carbocycles. The average Bonchev–Trinajstić information content (AvgIpc) is 2.77. The summed E-state index contributed by atoms with van der Waals surface area (Å²) in [6, 6.07) is 8.33. The monoisotopic (exact) mass is 250 g/mol. The van der Waals surface area contributed by atoms with E-state index >= 15 is 0 Å². The summed E-state index contributed by atoms with van der Waals surface area (Å²) in [6.07, 6.45) is 1.32. The molecule has 1 fully saturated rings. The number of aliphatic imine (C=N–C) groups is 1. The molecule has 0 bridgehead atoms. The van der Waals surface area contributed by atoms with Crippen LogP contribution in [-0.2, 0) is 4.79 Å². The molecule has 3 nitrogen and oxygen atoms in total. The van der Waals surface area contributed by atoms with Crippen LogP contribution in [0.3, 0.4) is 0 Å². The van der Waals surface area contributed by atoms with Crippen molar-refractivity contribution in [2.24, 2.45) is 4.99 Å². The fourth-order valence-electron chi connectivity index (χ4n) is 3.22. The summed E-state index contributed by atoms with van der Waals surface area (Å²) in [5.41, 5.74) is 4.49. The van der Waals surface area contributed by atoms with Crippen molar-refractivity contribution in [2.75, 3.05) is 4.90 Å². The van der Waals surface area contributed by atoms with Gasteiger partial charge in [0.05, 0.1) is 11.4 Å². The SMILES string of the molecule is Cc1ccc2c3c(ccc(C)c13)N1C(=O)CCC1=N2. The van der Waals surface area contributed by atoms with E-state index in [-0.39, 0.29) is 5.91 Å². The van der Waals surface area contributed by atoms with Crippen LogP contribution in [0.5, 0.6) is 0 Å². The smallest absolute Gasteiger partial charge is 0.232 e. The number of hydrogen-bond acceptors (Lipinski definition) is 2. The number of rotatable bonds is 0. The Labute approximate surface area is 111 Å². The largest absolute Gasteiger partial charge is 0.274 e. The van der Waals surface area contributed by atoms with Gasteiger partial charge in [0.25, 0.3) is 0 Å². The number of anilines is 1. The number of amidine groups is 1. The highest BCUT2D eigenvalue weighted by Gasteiger charge is 2.33. The second-order valence-electron chi connectivity index (χ2n) is 5.31. The minimum Gasteiger partial charge on any atom is -0.274 e. The van der Waals surface area contributed by atoms with Gasteiger partial charge in [0.1, 0.15) is 5.84 Å². The number of hydrogen-bond donors (Lipinski definition) is 0. The lowest BCUT2D eigenvalue weighted by atomic mass is 9.96. The van der Waals surface area contributed by atoms with E-state index < -0.39 is 0 Å². The molecule has 1 amide bonds. The highest BCUT2D eigenvalue weighted by molar-refractivity contribution is 6.29. The fraction of sp³-hybridized carbons (Fsp3) is 0.250. The second-order valence-corrected chi connectivity index (χ2v) is 5.31. The van der Waals surface area contributed by atoms with Crippen molar-refractivity contribution in [3.63, 3.8) is 0 Å². The summed E-state index contributed by atoms with van der Waals surface area (Å²) in [5, 5.41) is 2.36. The molecular formula is C16H14N2O. The first-order chi connectivity index (χ1) is 9.16. The summed E-state index contributed by atoms with van der Waals surface area (Å²) in [5.74, 6) is 1.06. The Morgan fingerprint density at radius 3 is 2.53 bits per heavy atom. The summed E-state index contributed by atoms with van der Waals surface area (Å²) >= 11 is 0. The molecule has 0 atom stereocenters. The maximum Gasteiger partial charge on any atom is 0.232 e. The Kier molecular flexibility index (Phi) is 1.94. The zero-order valence-corrected chi connectivity index (χ0v) is 11.0. The van der Waals surface area contributed by atoms with Crippen LogP contribution in [0.25, 0.3) is 10.8 Å². The van der Waals surface area contributed by atoms with Gasteiger partial charge in [-0.1, -0.05) is 12.1 Å². The summed E-state index contributed by atoms with van der Waals surface area (Å²) < 4.78 is 0. The Balaban J connectivity index is 2.19. The van der Waals surface area contributed by atoms with E-state index in [0.29, 0.717) is 6.42 Å². The fourth-order valence-corrected chi connectivity index (χ4v) is 3.22. The van der Waals surface area contributed by atoms with Crippen molar-refractivity contribution in [1.82, 2.24) is 0 Å². The molecule has 0 aliphatic carbocycles. The highest BCUT2D eigenvalue weighted by Crippen LogP contribution is 2.43. The average molecular weight is 250 g/mol. The molecule has 0 radical (unpaired) electrons. The van der Waals surface area contributed by atoms with Gasteiger partial charge >= 0.3 is 0 Å². The van der Waals surface area contributed by atoms with Crippen LogP contribution in [0.2, 0.25) is 0 Å². The molecule has 2 aromatic rings. The lowest BCUT2D eigenvalue weighted by Gasteiger charge is -2.25. The third kappa shape index (κ3) is 1.27. The molecule has 0 spiro atoms. The van der Waals surface area contributed by atoms with Gasteiger partial charge in [0, 0.05) is 18.2 Å². The van der Waals surface area contributed by atoms with E-state index in [0.717, 1.165) is 29.0 Å². The molecule has 94 valence electrons. The van der Waals surface area contributed by atoms with Crippen molar-refractivity contribution in [3.8, 4) is 0 Å². The summed E-state index contributed by atoms with van der Waals surface area (Å²) in [7, 11) is 0. The van der Waals surface area contributed by atoms with Crippen LogP contribution in [0.4, 0.5) is 11.4 Å². The van der Waals surface area contributed by atoms with E-state index in [1.54, 1.807) is 4.90 Å². The zero-order valence-electron chi connectivity index (χ0n) is 11.0. The summed E-state index contributed by atoms with van der Waals surface area (Å²) in [4.78, 5) is 18.6. The van der Waals surface area contributed by atoms with Crippen LogP contribution >= 0.6 is 0 Å². The van der Waals surface area contributed by atoms with E-state index in [2.05, 4.69) is 43.1 Å². The number of carbonyl (C=O) groups excluding carboxylic acids is 1. The van der Waals surface area contributed by atoms with E-state index in [4.69, 9.17) is 0 Å². The quantitative estimate of drug-likeness (QED) is 0.702. The third-order valence-electron chi connectivity index (χ3n) is 4.09. The number of amides is 1. The second kappa shape index (κ2) is 3.44. The molecule has 2 heterocycles. The van der Waals surface area contributed by atoms with Gasteiger partial charge in [-0.05, 0) is 42.5 Å². The third-order valence-corrected chi connectivity index (χ3v) is 4.09. The molecule has 2 aliphatic rings. The number of carbonyl (C=O) groups is 1. The van der Waals surface area contributed by atoms with Crippen LogP contribution in [0.15, 0.2) is 29.3 Å². The van der Waals surface area contributed by atoms with Crippen LogP contribution < -0.4 is 4.90 Å². The van der Waals surface area contributed by atoms with Crippen molar-refractivity contribution >= 4 is 33.9 Å². The Bertz CT molecular complexity index is 766. The summed E-state index contributed by atoms with van der Waals surface area (Å²) in [6.45, 7) is 4.22. The van der Waals surface area contributed by atoms with Gasteiger partial charge in [-0.2, -0.15) is 0 Å². The van der Waals surface area contributed by atoms with Crippen LogP contribution in [0.1, 0.15) is 24.0 Å². The molecule has 2 aliphatic heterocycles. The maximum atomic E-state index is 12.1. The van der Waals surface area contributed by atoms with Gasteiger partial charge in [0.15, 0.2) is 0 Å². The molecule has 19 heavy (non-hydrogen) atoms. The predicted octanol–water partition coefficient (Wildman–Crippen LogP) is 3.63. The Morgan fingerprint density at radius 1 is 1.00 bits per heavy atom. The Morgan fingerprint density at radius 2 is 1.74 bits per heavy atom. The van der Waals surface area contributed by atoms with E-state index in [1.165, 1.54) is 16.5 Å². The van der Waals surface area contributed by atoms with Gasteiger partial charge in [0.2, 0.25) is 5.91 Å². The zero-order chi connectivity index (χ0) is 13.1. The molecular weight excluding hydrogens is 236 g/mol. The first-order valence-corrected chi connectivity index (χ1v) is 6.60. The predicted molar refractivity (Wildman–Crippen MR) is 77.2 cm³/mol. The van der Waals surface area contributed by atoms with E-state index in [1.807, 2.05) is 0 Å². The number of aryl methyl sites for hydroxylation is 2. The van der Waals surface area contributed by atoms with Crippen molar-refractivity contribution in [2.45, 2.75) is 26.7 Å². The minimum absolute atomic E-state index is 0.163. The van der Waals surface area contributed by atoms with Gasteiger partial charge < -0.3 is 0 Å². The minimum atomic E-state index is 0.163. The molecule has 3 heteroatoms. The first-order valence-electron chi connectivity index (χ1n) is 6.60. The van der Waals surface area contributed by atoms with Crippen molar-refractivity contribution in [3.05, 3.63) is 35.4 Å². The Hall–Kier alpha value is -2.16. The first kappa shape index (κ1) is 10.7. The molecule has 1 saturated heterocycles. The van der Waals surface area contributed by atoms with Gasteiger partial charge in [-0.3, -0.25) is 9.69 Å². The topological polar surface area (TPSA) is 32.7 Å². The van der Waals surface area contributed by atoms with Crippen LogP contribution in [0, 0.1) is 13.8 Å². The molecule has 0 saturated carbocycles. The molecule has 0 unspecified atom stereocenters. The number of benzene rings is 2. The lowest BCUT2D eigenvalue weighted by molar-refractivity contribution is -0.116. The normalized spacial score (nSPS) is 16.8. The van der Waals surface area contributed by atoms with E-state index in [9.17, 15) is 4.79 Å². The van der Waals surface area contributed by atoms with Gasteiger partial charge in [-0.25, -0.2) is 4.99 Å². The number of fused-ring (bicyclic) bond motifs is 2. The van der Waals surface area contributed by atoms with Crippen LogP contribution in [-0.4, -0.2) is 11.7 Å². The lowest BCUT2D eigenvalue weighted by Crippen LogP contribution is -2.30. The van der Waals surface area contributed by atoms with Crippen molar-refractivity contribution < 1.29 is 4.79 Å². The van der Waals surface area contributed by atoms with Gasteiger partial charge in [-0.15, -0.1) is 0 Å².